The summed E-state index contributed by atoms with van der Waals surface area (Å²) in [5.74, 6) is -0.853. The summed E-state index contributed by atoms with van der Waals surface area (Å²) >= 11 is 0. The number of aromatic nitrogens is 3. The first kappa shape index (κ1) is 26.3. The van der Waals surface area contributed by atoms with Gasteiger partial charge in [0, 0.05) is 23.3 Å². The number of nitrogens with zero attached hydrogens (tertiary/aromatic N) is 2. The molecule has 0 unspecified atom stereocenters. The van der Waals surface area contributed by atoms with Crippen molar-refractivity contribution in [2.24, 2.45) is 12.8 Å². The van der Waals surface area contributed by atoms with E-state index in [4.69, 9.17) is 5.73 Å². The average Bonchev–Trinajstić information content (AvgIpc) is 3.34. The first-order valence-corrected chi connectivity index (χ1v) is 13.5. The van der Waals surface area contributed by atoms with Gasteiger partial charge in [-0.25, -0.2) is 13.8 Å². The monoisotopic (exact) mass is 548 g/mol. The van der Waals surface area contributed by atoms with Crippen LogP contribution in [0.2, 0.25) is 0 Å². The van der Waals surface area contributed by atoms with Crippen molar-refractivity contribution < 1.29 is 9.18 Å². The quantitative estimate of drug-likeness (QED) is 0.280. The number of rotatable bonds is 5. The molecule has 0 bridgehead atoms. The molecule has 0 spiro atoms. The first-order valence-electron chi connectivity index (χ1n) is 13.5. The summed E-state index contributed by atoms with van der Waals surface area (Å²) in [6.45, 7) is 6.20. The van der Waals surface area contributed by atoms with Crippen molar-refractivity contribution >= 4 is 38.6 Å². The number of hydrogen-bond acceptors (Lipinski definition) is 3. The van der Waals surface area contributed by atoms with Crippen LogP contribution in [-0.4, -0.2) is 20.0 Å². The Morgan fingerprint density at radius 2 is 1.73 bits per heavy atom. The van der Waals surface area contributed by atoms with Crippen molar-refractivity contribution in [1.29, 1.82) is 0 Å². The van der Waals surface area contributed by atoms with E-state index in [1.54, 1.807) is 18.2 Å². The lowest BCUT2D eigenvalue weighted by Gasteiger charge is -2.18. The highest BCUT2D eigenvalue weighted by Crippen LogP contribution is 2.39. The normalized spacial score (nSPS) is 11.8. The minimum absolute atomic E-state index is 0.0312. The maximum Gasteiger partial charge on any atom is 0.335 e. The molecular formula is C33H29FN4O3. The highest BCUT2D eigenvalue weighted by Gasteiger charge is 2.22. The fourth-order valence-electron chi connectivity index (χ4n) is 5.92. The highest BCUT2D eigenvalue weighted by atomic mass is 19.1. The molecule has 0 aliphatic heterocycles. The Morgan fingerprint density at radius 3 is 2.44 bits per heavy atom. The number of halogens is 1. The van der Waals surface area contributed by atoms with E-state index in [9.17, 15) is 18.8 Å². The van der Waals surface area contributed by atoms with Crippen LogP contribution < -0.4 is 17.0 Å². The van der Waals surface area contributed by atoms with Gasteiger partial charge in [-0.3, -0.25) is 14.2 Å². The largest absolute Gasteiger partial charge is 0.366 e. The molecule has 6 aromatic rings. The number of primary amides is 1. The van der Waals surface area contributed by atoms with Gasteiger partial charge in [-0.2, -0.15) is 0 Å². The molecule has 6 rings (SSSR count). The van der Waals surface area contributed by atoms with Gasteiger partial charge in [0.2, 0.25) is 0 Å². The van der Waals surface area contributed by atoms with Gasteiger partial charge in [-0.15, -0.1) is 0 Å². The van der Waals surface area contributed by atoms with Gasteiger partial charge >= 0.3 is 5.69 Å². The Hall–Kier alpha value is -4.98. The SMILES string of the molecule is CCc1c(-c2ccc(C(N)=O)c3[nH]c4cc(C(C)C)ccc4c23)cccc1-n1c(=O)c2cccc(F)c2n(C)c1=O. The van der Waals surface area contributed by atoms with Crippen molar-refractivity contribution in [1.82, 2.24) is 14.1 Å². The fraction of sp³-hybridized carbons (Fsp3) is 0.182. The molecule has 0 atom stereocenters. The highest BCUT2D eigenvalue weighted by molar-refractivity contribution is 6.20. The number of benzene rings is 4. The number of fused-ring (bicyclic) bond motifs is 4. The summed E-state index contributed by atoms with van der Waals surface area (Å²) in [5, 5.41) is 1.88. The Morgan fingerprint density at radius 1 is 0.976 bits per heavy atom. The first-order chi connectivity index (χ1) is 19.6. The molecule has 0 saturated carbocycles. The molecule has 2 heterocycles. The summed E-state index contributed by atoms with van der Waals surface area (Å²) < 4.78 is 16.9. The van der Waals surface area contributed by atoms with E-state index in [0.29, 0.717) is 29.1 Å². The van der Waals surface area contributed by atoms with Gasteiger partial charge in [0.1, 0.15) is 5.82 Å². The summed E-state index contributed by atoms with van der Waals surface area (Å²) in [5.41, 5.74) is 10.4. The van der Waals surface area contributed by atoms with Gasteiger partial charge in [0.15, 0.2) is 0 Å². The lowest BCUT2D eigenvalue weighted by atomic mass is 9.91. The molecular weight excluding hydrogens is 519 g/mol. The lowest BCUT2D eigenvalue weighted by Crippen LogP contribution is -2.38. The molecule has 7 nitrogen and oxygen atoms in total. The predicted molar refractivity (Wildman–Crippen MR) is 162 cm³/mol. The van der Waals surface area contributed by atoms with Gasteiger partial charge in [0.05, 0.1) is 27.7 Å². The summed E-state index contributed by atoms with van der Waals surface area (Å²) in [4.78, 5) is 43.0. The zero-order chi connectivity index (χ0) is 29.2. The van der Waals surface area contributed by atoms with Crippen LogP contribution in [0.5, 0.6) is 0 Å². The van der Waals surface area contributed by atoms with Crippen LogP contribution in [0.3, 0.4) is 0 Å². The molecule has 2 aromatic heterocycles. The molecule has 41 heavy (non-hydrogen) atoms. The number of aromatic amines is 1. The summed E-state index contributed by atoms with van der Waals surface area (Å²) in [6, 6.07) is 19.5. The van der Waals surface area contributed by atoms with E-state index >= 15 is 0 Å². The van der Waals surface area contributed by atoms with Gasteiger partial charge in [0.25, 0.3) is 11.5 Å². The van der Waals surface area contributed by atoms with Gasteiger partial charge in [-0.05, 0) is 64.9 Å². The standard InChI is InChI=1S/C33H29FN4O3/c1-5-19-20(8-7-11-27(19)38-32(40)24-9-6-10-25(34)30(24)37(4)33(38)41)21-14-15-23(31(35)39)29-28(21)22-13-12-18(17(2)3)16-26(22)36-29/h6-17,36H,5H2,1-4H3,(H2,35,39). The van der Waals surface area contributed by atoms with Gasteiger partial charge < -0.3 is 10.7 Å². The Balaban J connectivity index is 1.70. The number of nitrogens with two attached hydrogens (primary N) is 1. The molecule has 8 heteroatoms. The van der Waals surface area contributed by atoms with E-state index in [-0.39, 0.29) is 10.9 Å². The van der Waals surface area contributed by atoms with E-state index in [1.165, 1.54) is 29.8 Å². The number of amides is 1. The number of nitrogens with one attached hydrogen (secondary N) is 1. The molecule has 0 radical (unpaired) electrons. The minimum atomic E-state index is -0.637. The van der Waals surface area contributed by atoms with Crippen molar-refractivity contribution in [2.75, 3.05) is 0 Å². The zero-order valence-electron chi connectivity index (χ0n) is 23.2. The molecule has 0 aliphatic rings. The third kappa shape index (κ3) is 3.89. The van der Waals surface area contributed by atoms with Crippen molar-refractivity contribution in [3.63, 3.8) is 0 Å². The predicted octanol–water partition coefficient (Wildman–Crippen LogP) is 5.91. The molecule has 3 N–H and O–H groups in total. The third-order valence-electron chi connectivity index (χ3n) is 7.98. The van der Waals surface area contributed by atoms with Crippen LogP contribution in [-0.2, 0) is 13.5 Å². The lowest BCUT2D eigenvalue weighted by molar-refractivity contribution is 0.100. The number of aryl methyl sites for hydroxylation is 1. The van der Waals surface area contributed by atoms with Crippen LogP contribution in [0.1, 0.15) is 48.2 Å². The molecule has 4 aromatic carbocycles. The molecule has 0 saturated heterocycles. The maximum absolute atomic E-state index is 14.6. The number of H-pyrrole nitrogens is 1. The summed E-state index contributed by atoms with van der Waals surface area (Å²) in [6.07, 6.45) is 0.501. The fourth-order valence-corrected chi connectivity index (χ4v) is 5.92. The van der Waals surface area contributed by atoms with Crippen LogP contribution in [0.4, 0.5) is 4.39 Å². The second kappa shape index (κ2) is 9.59. The number of para-hydroxylation sites is 1. The van der Waals surface area contributed by atoms with Crippen molar-refractivity contribution in [2.45, 2.75) is 33.1 Å². The number of carbonyl (C=O) groups excluding carboxylic acids is 1. The smallest absolute Gasteiger partial charge is 0.335 e. The van der Waals surface area contributed by atoms with Crippen LogP contribution in [0.25, 0.3) is 49.5 Å². The maximum atomic E-state index is 14.6. The average molecular weight is 549 g/mol. The van der Waals surface area contributed by atoms with Crippen molar-refractivity contribution in [3.8, 4) is 16.8 Å². The van der Waals surface area contributed by atoms with Crippen LogP contribution in [0, 0.1) is 5.82 Å². The third-order valence-corrected chi connectivity index (χ3v) is 7.98. The molecule has 1 amide bonds. The van der Waals surface area contributed by atoms with E-state index < -0.39 is 23.0 Å². The van der Waals surface area contributed by atoms with Gasteiger partial charge in [-0.1, -0.05) is 57.2 Å². The number of carbonyl (C=O) groups is 1. The molecule has 206 valence electrons. The van der Waals surface area contributed by atoms with Crippen LogP contribution >= 0.6 is 0 Å². The minimum Gasteiger partial charge on any atom is -0.366 e. The second-order valence-corrected chi connectivity index (χ2v) is 10.6. The summed E-state index contributed by atoms with van der Waals surface area (Å²) in [7, 11) is 1.46. The van der Waals surface area contributed by atoms with Crippen LogP contribution in [0.15, 0.2) is 76.3 Å². The number of hydrogen-bond donors (Lipinski definition) is 2. The molecule has 0 aliphatic carbocycles. The van der Waals surface area contributed by atoms with E-state index in [1.807, 2.05) is 25.1 Å². The van der Waals surface area contributed by atoms with Crippen molar-refractivity contribution in [3.05, 3.63) is 110 Å². The Kier molecular flexibility index (Phi) is 6.14. The molecule has 0 fully saturated rings. The van der Waals surface area contributed by atoms with E-state index in [2.05, 4.69) is 31.0 Å². The van der Waals surface area contributed by atoms with E-state index in [0.717, 1.165) is 43.1 Å². The topological polar surface area (TPSA) is 103 Å². The second-order valence-electron chi connectivity index (χ2n) is 10.6. The zero-order valence-corrected chi connectivity index (χ0v) is 23.2. The Bertz CT molecular complexity index is 2170. The Labute approximate surface area is 234 Å².